The Bertz CT molecular complexity index is 432. The van der Waals surface area contributed by atoms with E-state index in [1.165, 1.54) is 6.07 Å². The van der Waals surface area contributed by atoms with Gasteiger partial charge < -0.3 is 15.9 Å². The fraction of sp³-hybridized carbons (Fsp3) is 0.467. The van der Waals surface area contributed by atoms with Crippen molar-refractivity contribution in [2.24, 2.45) is 5.92 Å². The standard InChI is InChI=1S/C8H16O2.C7H7NO2/c1-3-5-6-7(4-2)8(9)10;8-6-4-2-1-3-5(6)7(9)10/h7H,3-6H2,1-2H3,(H,9,10);1-4H,8H2,(H,9,10). The van der Waals surface area contributed by atoms with Crippen LogP contribution in [0, 0.1) is 5.92 Å². The zero-order valence-electron chi connectivity index (χ0n) is 12.0. The predicted octanol–water partition coefficient (Wildman–Crippen LogP) is 3.25. The van der Waals surface area contributed by atoms with Gasteiger partial charge in [0.15, 0.2) is 0 Å². The van der Waals surface area contributed by atoms with Crippen molar-refractivity contribution in [2.45, 2.75) is 39.5 Å². The number of hydrogen-bond acceptors (Lipinski definition) is 3. The molecule has 0 aliphatic rings. The summed E-state index contributed by atoms with van der Waals surface area (Å²) in [7, 11) is 0. The number of rotatable bonds is 6. The van der Waals surface area contributed by atoms with Crippen molar-refractivity contribution >= 4 is 17.6 Å². The van der Waals surface area contributed by atoms with Gasteiger partial charge in [-0.3, -0.25) is 4.79 Å². The number of aliphatic carboxylic acids is 1. The number of unbranched alkanes of at least 4 members (excludes halogenated alkanes) is 1. The molecule has 1 atom stereocenters. The summed E-state index contributed by atoms with van der Waals surface area (Å²) < 4.78 is 0. The molecule has 20 heavy (non-hydrogen) atoms. The van der Waals surface area contributed by atoms with Gasteiger partial charge in [-0.05, 0) is 25.0 Å². The molecule has 0 aliphatic heterocycles. The average Bonchev–Trinajstić information content (AvgIpc) is 2.40. The van der Waals surface area contributed by atoms with Crippen LogP contribution in [0.3, 0.4) is 0 Å². The van der Waals surface area contributed by atoms with Crippen molar-refractivity contribution in [1.82, 2.24) is 0 Å². The molecule has 0 heterocycles. The third kappa shape index (κ3) is 6.78. The van der Waals surface area contributed by atoms with Crippen LogP contribution in [0.1, 0.15) is 49.9 Å². The van der Waals surface area contributed by atoms with Gasteiger partial charge in [0.05, 0.1) is 11.5 Å². The monoisotopic (exact) mass is 281 g/mol. The first-order valence-corrected chi connectivity index (χ1v) is 6.74. The molecule has 112 valence electrons. The maximum atomic E-state index is 10.4. The second-order valence-electron chi connectivity index (χ2n) is 4.48. The molecule has 0 spiro atoms. The second kappa shape index (κ2) is 9.83. The van der Waals surface area contributed by atoms with Crippen LogP contribution >= 0.6 is 0 Å². The average molecular weight is 281 g/mol. The summed E-state index contributed by atoms with van der Waals surface area (Å²) in [6.07, 6.45) is 3.71. The van der Waals surface area contributed by atoms with E-state index in [1.54, 1.807) is 18.2 Å². The summed E-state index contributed by atoms with van der Waals surface area (Å²) in [5, 5.41) is 17.1. The van der Waals surface area contributed by atoms with Crippen LogP contribution in [0.4, 0.5) is 5.69 Å². The Morgan fingerprint density at radius 2 is 1.80 bits per heavy atom. The van der Waals surface area contributed by atoms with Gasteiger partial charge in [-0.2, -0.15) is 0 Å². The lowest BCUT2D eigenvalue weighted by molar-refractivity contribution is -0.142. The molecule has 0 aromatic heterocycles. The lowest BCUT2D eigenvalue weighted by Gasteiger charge is -2.06. The number of nitrogens with two attached hydrogens (primary N) is 1. The fourth-order valence-electron chi connectivity index (χ4n) is 1.64. The topological polar surface area (TPSA) is 101 Å². The van der Waals surface area contributed by atoms with Crippen LogP contribution in [-0.2, 0) is 4.79 Å². The highest BCUT2D eigenvalue weighted by Crippen LogP contribution is 2.11. The van der Waals surface area contributed by atoms with E-state index in [1.807, 2.05) is 6.92 Å². The van der Waals surface area contributed by atoms with Crippen molar-refractivity contribution in [1.29, 1.82) is 0 Å². The number of para-hydroxylation sites is 1. The predicted molar refractivity (Wildman–Crippen MR) is 78.8 cm³/mol. The molecule has 0 saturated heterocycles. The van der Waals surface area contributed by atoms with Crippen molar-refractivity contribution in [2.75, 3.05) is 5.73 Å². The number of hydrogen-bond donors (Lipinski definition) is 3. The van der Waals surface area contributed by atoms with Gasteiger partial charge in [-0.1, -0.05) is 38.8 Å². The van der Waals surface area contributed by atoms with E-state index in [2.05, 4.69) is 6.92 Å². The van der Waals surface area contributed by atoms with Crippen molar-refractivity contribution in [3.8, 4) is 0 Å². The summed E-state index contributed by atoms with van der Waals surface area (Å²) in [6, 6.07) is 6.36. The Balaban J connectivity index is 0.000000361. The first-order valence-electron chi connectivity index (χ1n) is 6.74. The molecule has 0 bridgehead atoms. The third-order valence-electron chi connectivity index (χ3n) is 2.94. The number of carboxylic acids is 2. The molecule has 5 nitrogen and oxygen atoms in total. The minimum Gasteiger partial charge on any atom is -0.481 e. The molecule has 1 aromatic rings. The summed E-state index contributed by atoms with van der Waals surface area (Å²) in [5.41, 5.74) is 5.80. The Hall–Kier alpha value is -2.04. The summed E-state index contributed by atoms with van der Waals surface area (Å²) >= 11 is 0. The Morgan fingerprint density at radius 3 is 2.15 bits per heavy atom. The highest BCUT2D eigenvalue weighted by molar-refractivity contribution is 5.93. The normalized spacial score (nSPS) is 11.1. The molecule has 0 aliphatic carbocycles. The molecule has 0 radical (unpaired) electrons. The van der Waals surface area contributed by atoms with Gasteiger partial charge in [-0.15, -0.1) is 0 Å². The van der Waals surface area contributed by atoms with Crippen LogP contribution in [0.25, 0.3) is 0 Å². The minimum atomic E-state index is -0.988. The Kier molecular flexibility index (Phi) is 8.83. The van der Waals surface area contributed by atoms with E-state index < -0.39 is 11.9 Å². The number of aromatic carboxylic acids is 1. The molecule has 1 rings (SSSR count). The summed E-state index contributed by atoms with van der Waals surface area (Å²) in [5.74, 6) is -1.74. The molecular weight excluding hydrogens is 258 g/mol. The second-order valence-corrected chi connectivity index (χ2v) is 4.48. The van der Waals surface area contributed by atoms with Crippen molar-refractivity contribution in [3.05, 3.63) is 29.8 Å². The highest BCUT2D eigenvalue weighted by atomic mass is 16.4. The molecule has 0 fully saturated rings. The van der Waals surface area contributed by atoms with E-state index in [9.17, 15) is 9.59 Å². The van der Waals surface area contributed by atoms with E-state index >= 15 is 0 Å². The molecular formula is C15H23NO4. The van der Waals surface area contributed by atoms with Gasteiger partial charge in [0.1, 0.15) is 0 Å². The van der Waals surface area contributed by atoms with Crippen LogP contribution in [0.15, 0.2) is 24.3 Å². The van der Waals surface area contributed by atoms with E-state index in [4.69, 9.17) is 15.9 Å². The zero-order chi connectivity index (χ0) is 15.5. The lowest BCUT2D eigenvalue weighted by atomic mass is 10.00. The largest absolute Gasteiger partial charge is 0.481 e. The van der Waals surface area contributed by atoms with Gasteiger partial charge in [0.25, 0.3) is 0 Å². The Morgan fingerprint density at radius 1 is 1.20 bits per heavy atom. The lowest BCUT2D eigenvalue weighted by Crippen LogP contribution is -2.11. The van der Waals surface area contributed by atoms with Gasteiger partial charge in [-0.25, -0.2) is 4.79 Å². The van der Waals surface area contributed by atoms with Crippen molar-refractivity contribution < 1.29 is 19.8 Å². The van der Waals surface area contributed by atoms with E-state index in [-0.39, 0.29) is 11.5 Å². The van der Waals surface area contributed by atoms with Gasteiger partial charge in [0, 0.05) is 5.69 Å². The smallest absolute Gasteiger partial charge is 0.337 e. The zero-order valence-corrected chi connectivity index (χ0v) is 12.0. The van der Waals surface area contributed by atoms with E-state index in [0.717, 1.165) is 25.7 Å². The quantitative estimate of drug-likeness (QED) is 0.695. The number of carbonyl (C=O) groups is 2. The highest BCUT2D eigenvalue weighted by Gasteiger charge is 2.12. The SMILES string of the molecule is CCCCC(CC)C(=O)O.Nc1ccccc1C(=O)O. The molecule has 1 aromatic carbocycles. The molecule has 1 unspecified atom stereocenters. The molecule has 4 N–H and O–H groups in total. The molecule has 0 saturated carbocycles. The first-order chi connectivity index (χ1) is 9.43. The summed E-state index contributed by atoms with van der Waals surface area (Å²) in [6.45, 7) is 4.00. The fourth-order valence-corrected chi connectivity index (χ4v) is 1.64. The molecule has 5 heteroatoms. The summed E-state index contributed by atoms with van der Waals surface area (Å²) in [4.78, 5) is 20.8. The van der Waals surface area contributed by atoms with Crippen molar-refractivity contribution in [3.63, 3.8) is 0 Å². The van der Waals surface area contributed by atoms with Crippen LogP contribution < -0.4 is 5.73 Å². The number of carboxylic acid groups (broad SMARTS) is 2. The van der Waals surface area contributed by atoms with Crippen LogP contribution in [-0.4, -0.2) is 22.2 Å². The van der Waals surface area contributed by atoms with Gasteiger partial charge >= 0.3 is 11.9 Å². The number of anilines is 1. The van der Waals surface area contributed by atoms with E-state index in [0.29, 0.717) is 5.69 Å². The maximum Gasteiger partial charge on any atom is 0.337 e. The Labute approximate surface area is 119 Å². The maximum absolute atomic E-state index is 10.4. The third-order valence-corrected chi connectivity index (χ3v) is 2.94. The number of nitrogen functional groups attached to an aromatic ring is 1. The number of benzene rings is 1. The van der Waals surface area contributed by atoms with Crippen LogP contribution in [0.5, 0.6) is 0 Å². The van der Waals surface area contributed by atoms with Gasteiger partial charge in [0.2, 0.25) is 0 Å². The first kappa shape index (κ1) is 18.0. The minimum absolute atomic E-state index is 0.111. The molecule has 0 amide bonds. The van der Waals surface area contributed by atoms with Crippen LogP contribution in [0.2, 0.25) is 0 Å².